The molecule has 0 aliphatic carbocycles. The van der Waals surface area contributed by atoms with Crippen LogP contribution in [0.2, 0.25) is 0 Å². The van der Waals surface area contributed by atoms with Crippen LogP contribution in [-0.4, -0.2) is 21.7 Å². The van der Waals surface area contributed by atoms with E-state index in [2.05, 4.69) is 11.1 Å². The molecule has 2 heterocycles. The standard InChI is InChI=1S/C19H14N2O2/c22-18-9-10-19(23)21(18)12-13-5-1-2-6-14(13)16-11-20-17-8-4-3-7-15(16)17/h1-11,20H,12H2. The first-order chi connectivity index (χ1) is 11.2. The molecule has 0 spiro atoms. The lowest BCUT2D eigenvalue weighted by Crippen LogP contribution is -2.29. The molecule has 4 rings (SSSR count). The van der Waals surface area contributed by atoms with Crippen LogP contribution in [0.3, 0.4) is 0 Å². The van der Waals surface area contributed by atoms with Crippen molar-refractivity contribution < 1.29 is 9.59 Å². The fourth-order valence-electron chi connectivity index (χ4n) is 2.97. The SMILES string of the molecule is O=C1C=CC(=O)N1Cc1ccccc1-c1c[nH]c2ccccc12. The number of imide groups is 1. The Morgan fingerprint density at radius 1 is 0.826 bits per heavy atom. The quantitative estimate of drug-likeness (QED) is 0.755. The van der Waals surface area contributed by atoms with Gasteiger partial charge in [0.15, 0.2) is 0 Å². The van der Waals surface area contributed by atoms with Crippen LogP contribution < -0.4 is 0 Å². The Kier molecular flexibility index (Phi) is 3.08. The van der Waals surface area contributed by atoms with Crippen LogP contribution in [-0.2, 0) is 16.1 Å². The number of carbonyl (C=O) groups excluding carboxylic acids is 2. The Morgan fingerprint density at radius 2 is 1.52 bits per heavy atom. The lowest BCUT2D eigenvalue weighted by atomic mass is 9.99. The molecule has 2 amide bonds. The number of rotatable bonds is 3. The van der Waals surface area contributed by atoms with Crippen molar-refractivity contribution in [1.29, 1.82) is 0 Å². The summed E-state index contributed by atoms with van der Waals surface area (Å²) in [4.78, 5) is 28.1. The van der Waals surface area contributed by atoms with Crippen LogP contribution in [0.1, 0.15) is 5.56 Å². The number of benzene rings is 2. The van der Waals surface area contributed by atoms with E-state index in [0.717, 1.165) is 27.6 Å². The number of nitrogens with zero attached hydrogens (tertiary/aromatic N) is 1. The largest absolute Gasteiger partial charge is 0.361 e. The lowest BCUT2D eigenvalue weighted by molar-refractivity contribution is -0.137. The Morgan fingerprint density at radius 3 is 2.35 bits per heavy atom. The number of aromatic amines is 1. The van der Waals surface area contributed by atoms with E-state index >= 15 is 0 Å². The highest BCUT2D eigenvalue weighted by Gasteiger charge is 2.24. The van der Waals surface area contributed by atoms with Gasteiger partial charge in [0, 0.05) is 34.8 Å². The van der Waals surface area contributed by atoms with Crippen LogP contribution >= 0.6 is 0 Å². The van der Waals surface area contributed by atoms with Gasteiger partial charge in [-0.2, -0.15) is 0 Å². The zero-order valence-corrected chi connectivity index (χ0v) is 12.3. The van der Waals surface area contributed by atoms with Crippen LogP contribution in [0.15, 0.2) is 66.9 Å². The highest BCUT2D eigenvalue weighted by molar-refractivity contribution is 6.12. The molecule has 0 radical (unpaired) electrons. The third-order valence-electron chi connectivity index (χ3n) is 4.13. The fourth-order valence-corrected chi connectivity index (χ4v) is 2.97. The van der Waals surface area contributed by atoms with Gasteiger partial charge < -0.3 is 4.98 Å². The van der Waals surface area contributed by atoms with Gasteiger partial charge in [-0.3, -0.25) is 14.5 Å². The van der Waals surface area contributed by atoms with Gasteiger partial charge in [0.25, 0.3) is 11.8 Å². The minimum absolute atomic E-state index is 0.260. The van der Waals surface area contributed by atoms with Crippen LogP contribution in [0.4, 0.5) is 0 Å². The molecule has 4 nitrogen and oxygen atoms in total. The van der Waals surface area contributed by atoms with Crippen molar-refractivity contribution in [3.05, 3.63) is 72.4 Å². The summed E-state index contributed by atoms with van der Waals surface area (Å²) in [5.41, 5.74) is 4.11. The second-order valence-electron chi connectivity index (χ2n) is 5.50. The van der Waals surface area contributed by atoms with Crippen molar-refractivity contribution in [3.63, 3.8) is 0 Å². The van der Waals surface area contributed by atoms with E-state index in [1.165, 1.54) is 17.1 Å². The third-order valence-corrected chi connectivity index (χ3v) is 4.13. The Bertz CT molecular complexity index is 935. The summed E-state index contributed by atoms with van der Waals surface area (Å²) in [6.45, 7) is 0.278. The number of aromatic nitrogens is 1. The maximum Gasteiger partial charge on any atom is 0.253 e. The molecule has 0 fully saturated rings. The average molecular weight is 302 g/mol. The number of amides is 2. The van der Waals surface area contributed by atoms with Gasteiger partial charge in [-0.05, 0) is 17.2 Å². The van der Waals surface area contributed by atoms with Crippen LogP contribution in [0, 0.1) is 0 Å². The number of carbonyl (C=O) groups is 2. The van der Waals surface area contributed by atoms with Crippen molar-refractivity contribution in [2.24, 2.45) is 0 Å². The Labute approximate surface area is 133 Å². The summed E-state index contributed by atoms with van der Waals surface area (Å²) in [7, 11) is 0. The normalized spacial score (nSPS) is 14.2. The van der Waals surface area contributed by atoms with E-state index in [-0.39, 0.29) is 18.4 Å². The summed E-state index contributed by atoms with van der Waals surface area (Å²) in [5, 5.41) is 1.12. The molecule has 0 bridgehead atoms. The predicted molar refractivity (Wildman–Crippen MR) is 88.4 cm³/mol. The van der Waals surface area contributed by atoms with Gasteiger partial charge in [-0.25, -0.2) is 0 Å². The molecule has 3 aromatic rings. The van der Waals surface area contributed by atoms with Crippen LogP contribution in [0.5, 0.6) is 0 Å². The summed E-state index contributed by atoms with van der Waals surface area (Å²) in [6, 6.07) is 15.9. The minimum atomic E-state index is -0.260. The molecule has 1 N–H and O–H groups in total. The van der Waals surface area contributed by atoms with Crippen LogP contribution in [0.25, 0.3) is 22.0 Å². The summed E-state index contributed by atoms with van der Waals surface area (Å²) >= 11 is 0. The number of hydrogen-bond donors (Lipinski definition) is 1. The van der Waals surface area contributed by atoms with E-state index in [0.29, 0.717) is 0 Å². The zero-order valence-electron chi connectivity index (χ0n) is 12.3. The van der Waals surface area contributed by atoms with Crippen molar-refractivity contribution in [2.75, 3.05) is 0 Å². The fraction of sp³-hybridized carbons (Fsp3) is 0.0526. The molecule has 23 heavy (non-hydrogen) atoms. The van der Waals surface area contributed by atoms with Crippen molar-refractivity contribution in [1.82, 2.24) is 9.88 Å². The molecule has 112 valence electrons. The second kappa shape index (κ2) is 5.25. The Hall–Kier alpha value is -3.14. The molecule has 0 saturated heterocycles. The van der Waals surface area contributed by atoms with E-state index in [4.69, 9.17) is 0 Å². The van der Waals surface area contributed by atoms with E-state index < -0.39 is 0 Å². The second-order valence-corrected chi connectivity index (χ2v) is 5.50. The van der Waals surface area contributed by atoms with E-state index in [1.54, 1.807) is 0 Å². The van der Waals surface area contributed by atoms with Crippen molar-refractivity contribution >= 4 is 22.7 Å². The molecule has 1 aliphatic rings. The first-order valence-electron chi connectivity index (χ1n) is 7.42. The molecule has 0 saturated carbocycles. The number of hydrogen-bond acceptors (Lipinski definition) is 2. The molecular formula is C19H14N2O2. The molecule has 0 unspecified atom stereocenters. The Balaban J connectivity index is 1.79. The van der Waals surface area contributed by atoms with Crippen molar-refractivity contribution in [2.45, 2.75) is 6.54 Å². The lowest BCUT2D eigenvalue weighted by Gasteiger charge is -2.16. The molecule has 4 heteroatoms. The number of fused-ring (bicyclic) bond motifs is 1. The number of para-hydroxylation sites is 1. The topological polar surface area (TPSA) is 53.2 Å². The molecular weight excluding hydrogens is 288 g/mol. The molecule has 1 aliphatic heterocycles. The highest BCUT2D eigenvalue weighted by Crippen LogP contribution is 2.31. The monoisotopic (exact) mass is 302 g/mol. The molecule has 1 aromatic heterocycles. The zero-order chi connectivity index (χ0) is 15.8. The van der Waals surface area contributed by atoms with Gasteiger partial charge in [0.2, 0.25) is 0 Å². The number of nitrogens with one attached hydrogen (secondary N) is 1. The predicted octanol–water partition coefficient (Wildman–Crippen LogP) is 3.26. The third kappa shape index (κ3) is 2.25. The smallest absolute Gasteiger partial charge is 0.253 e. The summed E-state index contributed by atoms with van der Waals surface area (Å²) in [5.74, 6) is -0.521. The van der Waals surface area contributed by atoms with Gasteiger partial charge in [-0.1, -0.05) is 42.5 Å². The minimum Gasteiger partial charge on any atom is -0.361 e. The summed E-state index contributed by atoms with van der Waals surface area (Å²) < 4.78 is 0. The first-order valence-corrected chi connectivity index (χ1v) is 7.42. The molecule has 0 atom stereocenters. The van der Waals surface area contributed by atoms with Crippen molar-refractivity contribution in [3.8, 4) is 11.1 Å². The van der Waals surface area contributed by atoms with Gasteiger partial charge >= 0.3 is 0 Å². The number of H-pyrrole nitrogens is 1. The van der Waals surface area contributed by atoms with E-state index in [1.807, 2.05) is 48.7 Å². The first kappa shape index (κ1) is 13.5. The van der Waals surface area contributed by atoms with E-state index in [9.17, 15) is 9.59 Å². The van der Waals surface area contributed by atoms with Gasteiger partial charge in [0.1, 0.15) is 0 Å². The van der Waals surface area contributed by atoms with Gasteiger partial charge in [0.05, 0.1) is 6.54 Å². The average Bonchev–Trinajstić information content (AvgIpc) is 3.14. The summed E-state index contributed by atoms with van der Waals surface area (Å²) in [6.07, 6.45) is 4.60. The highest BCUT2D eigenvalue weighted by atomic mass is 16.2. The van der Waals surface area contributed by atoms with Gasteiger partial charge in [-0.15, -0.1) is 0 Å². The maximum absolute atomic E-state index is 11.8. The molecule has 2 aromatic carbocycles. The maximum atomic E-state index is 11.8.